The van der Waals surface area contributed by atoms with Crippen LogP contribution in [0.4, 0.5) is 4.39 Å². The predicted molar refractivity (Wildman–Crippen MR) is 96.3 cm³/mol. The Balaban J connectivity index is 2.07. The van der Waals surface area contributed by atoms with E-state index < -0.39 is 0 Å². The van der Waals surface area contributed by atoms with E-state index in [9.17, 15) is 9.18 Å². The molecule has 0 aliphatic carbocycles. The van der Waals surface area contributed by atoms with E-state index in [4.69, 9.17) is 0 Å². The molecule has 3 nitrogen and oxygen atoms in total. The Kier molecular flexibility index (Phi) is 6.94. The summed E-state index contributed by atoms with van der Waals surface area (Å²) in [6.45, 7) is 7.86. The smallest absolute Gasteiger partial charge is 0.278 e. The summed E-state index contributed by atoms with van der Waals surface area (Å²) in [6.07, 6.45) is 1.04. The number of aryl methyl sites for hydroxylation is 1. The lowest BCUT2D eigenvalue weighted by molar-refractivity contribution is -0.676. The number of benzene rings is 1. The maximum Gasteiger partial charge on any atom is 0.278 e. The zero-order valence-electron chi connectivity index (χ0n) is 14.6. The molecule has 1 atom stereocenters. The van der Waals surface area contributed by atoms with Gasteiger partial charge in [-0.2, -0.15) is 0 Å². The number of halogens is 1. The Morgan fingerprint density at radius 3 is 2.50 bits per heavy atom. The van der Waals surface area contributed by atoms with Gasteiger partial charge in [-0.15, -0.1) is 11.3 Å². The van der Waals surface area contributed by atoms with Crippen LogP contribution in [-0.4, -0.2) is 23.4 Å². The SMILES string of the molecule is CC[C@H](C)[NH2+]CC(=O)N(Cc1ccc(F)cc1)Cc1ccc(C)s1. The second-order valence-electron chi connectivity index (χ2n) is 6.21. The lowest BCUT2D eigenvalue weighted by Crippen LogP contribution is -2.91. The molecule has 0 saturated carbocycles. The van der Waals surface area contributed by atoms with Crippen molar-refractivity contribution in [2.45, 2.75) is 46.3 Å². The molecular formula is C19H26FN2OS+. The molecule has 0 bridgehead atoms. The van der Waals surface area contributed by atoms with Crippen LogP contribution < -0.4 is 5.32 Å². The first kappa shape index (κ1) is 18.6. The Bertz CT molecular complexity index is 654. The van der Waals surface area contributed by atoms with Gasteiger partial charge in [-0.05, 0) is 50.1 Å². The molecule has 0 fully saturated rings. The summed E-state index contributed by atoms with van der Waals surface area (Å²) in [5.41, 5.74) is 0.946. The van der Waals surface area contributed by atoms with Crippen molar-refractivity contribution in [2.75, 3.05) is 6.54 Å². The number of quaternary nitrogens is 1. The summed E-state index contributed by atoms with van der Waals surface area (Å²) in [6, 6.07) is 11.0. The highest BCUT2D eigenvalue weighted by Gasteiger charge is 2.18. The lowest BCUT2D eigenvalue weighted by atomic mass is 10.2. The summed E-state index contributed by atoms with van der Waals surface area (Å²) in [5.74, 6) is -0.138. The summed E-state index contributed by atoms with van der Waals surface area (Å²) >= 11 is 1.71. The van der Waals surface area contributed by atoms with Crippen molar-refractivity contribution in [3.05, 3.63) is 57.5 Å². The van der Waals surface area contributed by atoms with Crippen LogP contribution in [0, 0.1) is 12.7 Å². The second kappa shape index (κ2) is 8.94. The summed E-state index contributed by atoms with van der Waals surface area (Å²) in [5, 5.41) is 2.08. The standard InChI is InChI=1S/C19H25FN2OS/c1-4-14(2)21-11-19(23)22(13-18-10-5-15(3)24-18)12-16-6-8-17(20)9-7-16/h5-10,14,21H,4,11-13H2,1-3H3/p+1/t14-/m0/s1. The number of hydrogen-bond acceptors (Lipinski definition) is 2. The van der Waals surface area contributed by atoms with Crippen molar-refractivity contribution in [1.29, 1.82) is 0 Å². The molecule has 0 spiro atoms. The number of amides is 1. The minimum atomic E-state index is -0.254. The van der Waals surface area contributed by atoms with E-state index in [1.165, 1.54) is 21.9 Å². The third-order valence-electron chi connectivity index (χ3n) is 4.12. The van der Waals surface area contributed by atoms with E-state index in [2.05, 4.69) is 38.2 Å². The number of rotatable bonds is 8. The molecule has 24 heavy (non-hydrogen) atoms. The van der Waals surface area contributed by atoms with Crippen molar-refractivity contribution >= 4 is 17.2 Å². The van der Waals surface area contributed by atoms with Gasteiger partial charge in [-0.25, -0.2) is 4.39 Å². The van der Waals surface area contributed by atoms with Crippen molar-refractivity contribution in [3.8, 4) is 0 Å². The maximum absolute atomic E-state index is 13.1. The minimum Gasteiger partial charge on any atom is -0.336 e. The Labute approximate surface area is 147 Å². The molecule has 2 N–H and O–H groups in total. The average molecular weight is 349 g/mol. The molecule has 5 heteroatoms. The quantitative estimate of drug-likeness (QED) is 0.781. The Hall–Kier alpha value is -1.72. The van der Waals surface area contributed by atoms with Crippen molar-refractivity contribution in [2.24, 2.45) is 0 Å². The van der Waals surface area contributed by atoms with E-state index in [0.717, 1.165) is 12.0 Å². The number of nitrogens with two attached hydrogens (primary N) is 1. The van der Waals surface area contributed by atoms with Crippen LogP contribution in [0.25, 0.3) is 0 Å². The van der Waals surface area contributed by atoms with Crippen molar-refractivity contribution in [3.63, 3.8) is 0 Å². The molecular weight excluding hydrogens is 323 g/mol. The molecule has 1 heterocycles. The van der Waals surface area contributed by atoms with Gasteiger partial charge in [0.15, 0.2) is 6.54 Å². The number of carbonyl (C=O) groups excluding carboxylic acids is 1. The maximum atomic E-state index is 13.1. The summed E-state index contributed by atoms with van der Waals surface area (Å²) in [7, 11) is 0. The molecule has 0 unspecified atom stereocenters. The third kappa shape index (κ3) is 5.73. The molecule has 130 valence electrons. The van der Waals surface area contributed by atoms with Gasteiger partial charge in [0.25, 0.3) is 5.91 Å². The highest BCUT2D eigenvalue weighted by molar-refractivity contribution is 7.11. The zero-order chi connectivity index (χ0) is 17.5. The van der Waals surface area contributed by atoms with E-state index in [1.807, 2.05) is 4.90 Å². The minimum absolute atomic E-state index is 0.116. The first-order valence-electron chi connectivity index (χ1n) is 8.38. The molecule has 1 aromatic carbocycles. The van der Waals surface area contributed by atoms with E-state index in [1.54, 1.807) is 23.5 Å². The van der Waals surface area contributed by atoms with E-state index in [-0.39, 0.29) is 11.7 Å². The number of thiophene rings is 1. The van der Waals surface area contributed by atoms with E-state index >= 15 is 0 Å². The largest absolute Gasteiger partial charge is 0.336 e. The summed E-state index contributed by atoms with van der Waals surface area (Å²) < 4.78 is 13.1. The third-order valence-corrected chi connectivity index (χ3v) is 5.11. The second-order valence-corrected chi connectivity index (χ2v) is 7.59. The monoisotopic (exact) mass is 349 g/mol. The number of hydrogen-bond donors (Lipinski definition) is 1. The van der Waals surface area contributed by atoms with E-state index in [0.29, 0.717) is 25.7 Å². The number of carbonyl (C=O) groups is 1. The molecule has 1 amide bonds. The molecule has 0 saturated heterocycles. The fraction of sp³-hybridized carbons (Fsp3) is 0.421. The first-order valence-corrected chi connectivity index (χ1v) is 9.20. The van der Waals surface area contributed by atoms with Crippen LogP contribution in [0.2, 0.25) is 0 Å². The fourth-order valence-electron chi connectivity index (χ4n) is 2.40. The van der Waals surface area contributed by atoms with Gasteiger partial charge < -0.3 is 10.2 Å². The summed E-state index contributed by atoms with van der Waals surface area (Å²) in [4.78, 5) is 16.9. The van der Waals surface area contributed by atoms with Crippen LogP contribution in [0.1, 0.15) is 35.6 Å². The molecule has 0 radical (unpaired) electrons. The molecule has 0 aliphatic heterocycles. The Morgan fingerprint density at radius 1 is 1.21 bits per heavy atom. The first-order chi connectivity index (χ1) is 11.5. The van der Waals surface area contributed by atoms with Gasteiger partial charge in [0.05, 0.1) is 12.6 Å². The fourth-order valence-corrected chi connectivity index (χ4v) is 3.30. The van der Waals surface area contributed by atoms with Crippen LogP contribution in [-0.2, 0) is 17.9 Å². The van der Waals surface area contributed by atoms with Gasteiger partial charge in [0.1, 0.15) is 5.82 Å². The van der Waals surface area contributed by atoms with Crippen LogP contribution in [0.5, 0.6) is 0 Å². The van der Waals surface area contributed by atoms with Crippen LogP contribution in [0.15, 0.2) is 36.4 Å². The van der Waals surface area contributed by atoms with Crippen molar-refractivity contribution in [1.82, 2.24) is 4.90 Å². The topological polar surface area (TPSA) is 36.9 Å². The molecule has 0 aliphatic rings. The van der Waals surface area contributed by atoms with Crippen molar-refractivity contribution < 1.29 is 14.5 Å². The van der Waals surface area contributed by atoms with Gasteiger partial charge in [-0.3, -0.25) is 4.79 Å². The molecule has 1 aromatic heterocycles. The zero-order valence-corrected chi connectivity index (χ0v) is 15.4. The highest BCUT2D eigenvalue weighted by atomic mass is 32.1. The van der Waals surface area contributed by atoms with Crippen LogP contribution in [0.3, 0.4) is 0 Å². The molecule has 2 aromatic rings. The van der Waals surface area contributed by atoms with Gasteiger partial charge in [-0.1, -0.05) is 19.1 Å². The van der Waals surface area contributed by atoms with Gasteiger partial charge >= 0.3 is 0 Å². The van der Waals surface area contributed by atoms with Gasteiger partial charge in [0.2, 0.25) is 0 Å². The molecule has 2 rings (SSSR count). The normalized spacial score (nSPS) is 12.2. The average Bonchev–Trinajstić information content (AvgIpc) is 2.98. The predicted octanol–water partition coefficient (Wildman–Crippen LogP) is 3.09. The van der Waals surface area contributed by atoms with Crippen LogP contribution >= 0.6 is 11.3 Å². The highest BCUT2D eigenvalue weighted by Crippen LogP contribution is 2.18. The number of nitrogens with zero attached hydrogens (tertiary/aromatic N) is 1. The Morgan fingerprint density at radius 2 is 1.92 bits per heavy atom. The lowest BCUT2D eigenvalue weighted by Gasteiger charge is -2.22. The van der Waals surface area contributed by atoms with Gasteiger partial charge in [0, 0.05) is 16.3 Å².